The predicted octanol–water partition coefficient (Wildman–Crippen LogP) is 4.20. The van der Waals surface area contributed by atoms with Crippen LogP contribution in [0.15, 0.2) is 24.3 Å². The fraction of sp³-hybridized carbons (Fsp3) is 0.667. The maximum atomic E-state index is 3.67. The molecule has 2 nitrogen and oxygen atoms in total. The second-order valence-electron chi connectivity index (χ2n) is 6.35. The molecule has 0 spiro atoms. The SMILES string of the molecule is CCC(NCc1ccc(N2CCCCC2)cc1)C(C)C. The molecule has 1 fully saturated rings. The lowest BCUT2D eigenvalue weighted by molar-refractivity contribution is 0.387. The normalized spacial score (nSPS) is 17.5. The van der Waals surface area contributed by atoms with Crippen LogP contribution in [0.5, 0.6) is 0 Å². The molecule has 1 unspecified atom stereocenters. The first kappa shape index (κ1) is 15.4. The lowest BCUT2D eigenvalue weighted by atomic mass is 10.0. The van der Waals surface area contributed by atoms with Crippen molar-refractivity contribution in [3.05, 3.63) is 29.8 Å². The van der Waals surface area contributed by atoms with E-state index in [1.54, 1.807) is 0 Å². The average molecular weight is 274 g/mol. The fourth-order valence-electron chi connectivity index (χ4n) is 3.08. The van der Waals surface area contributed by atoms with Crippen molar-refractivity contribution in [3.8, 4) is 0 Å². The summed E-state index contributed by atoms with van der Waals surface area (Å²) in [6, 6.07) is 9.77. The Morgan fingerprint density at radius 3 is 2.25 bits per heavy atom. The van der Waals surface area contributed by atoms with E-state index in [0.29, 0.717) is 12.0 Å². The molecule has 2 rings (SSSR count). The van der Waals surface area contributed by atoms with E-state index in [2.05, 4.69) is 55.3 Å². The number of benzene rings is 1. The maximum Gasteiger partial charge on any atom is 0.0366 e. The quantitative estimate of drug-likeness (QED) is 0.836. The number of anilines is 1. The fourth-order valence-corrected chi connectivity index (χ4v) is 3.08. The third kappa shape index (κ3) is 4.24. The Balaban J connectivity index is 1.87. The summed E-state index contributed by atoms with van der Waals surface area (Å²) < 4.78 is 0. The van der Waals surface area contributed by atoms with Gasteiger partial charge in [0.2, 0.25) is 0 Å². The highest BCUT2D eigenvalue weighted by Crippen LogP contribution is 2.20. The van der Waals surface area contributed by atoms with Gasteiger partial charge < -0.3 is 10.2 Å². The van der Waals surface area contributed by atoms with E-state index in [0.717, 1.165) is 6.54 Å². The third-order valence-corrected chi connectivity index (χ3v) is 4.47. The van der Waals surface area contributed by atoms with Crippen LogP contribution in [0.1, 0.15) is 52.0 Å². The minimum absolute atomic E-state index is 0.622. The zero-order chi connectivity index (χ0) is 14.4. The third-order valence-electron chi connectivity index (χ3n) is 4.47. The van der Waals surface area contributed by atoms with E-state index in [-0.39, 0.29) is 0 Å². The van der Waals surface area contributed by atoms with E-state index < -0.39 is 0 Å². The van der Waals surface area contributed by atoms with Gasteiger partial charge in [0.25, 0.3) is 0 Å². The molecule has 20 heavy (non-hydrogen) atoms. The molecule has 112 valence electrons. The number of piperidine rings is 1. The predicted molar refractivity (Wildman–Crippen MR) is 88.3 cm³/mol. The molecule has 1 aliphatic rings. The molecule has 0 aromatic heterocycles. The average Bonchev–Trinajstić information content (AvgIpc) is 2.49. The van der Waals surface area contributed by atoms with Gasteiger partial charge in [0.15, 0.2) is 0 Å². The molecule has 1 aromatic carbocycles. The van der Waals surface area contributed by atoms with Crippen LogP contribution in [-0.2, 0) is 6.54 Å². The number of hydrogen-bond donors (Lipinski definition) is 1. The lowest BCUT2D eigenvalue weighted by Gasteiger charge is -2.29. The van der Waals surface area contributed by atoms with E-state index in [1.165, 1.54) is 50.0 Å². The highest BCUT2D eigenvalue weighted by Gasteiger charge is 2.12. The van der Waals surface area contributed by atoms with Crippen LogP contribution < -0.4 is 10.2 Å². The van der Waals surface area contributed by atoms with Crippen LogP contribution in [-0.4, -0.2) is 19.1 Å². The molecule has 1 N–H and O–H groups in total. The summed E-state index contributed by atoms with van der Waals surface area (Å²) in [6.07, 6.45) is 5.28. The molecule has 1 aliphatic heterocycles. The summed E-state index contributed by atoms with van der Waals surface area (Å²) in [5, 5.41) is 3.67. The van der Waals surface area contributed by atoms with Gasteiger partial charge in [-0.15, -0.1) is 0 Å². The van der Waals surface area contributed by atoms with Crippen molar-refractivity contribution < 1.29 is 0 Å². The highest BCUT2D eigenvalue weighted by molar-refractivity contribution is 5.47. The molecular weight excluding hydrogens is 244 g/mol. The van der Waals surface area contributed by atoms with Crippen LogP contribution in [0.2, 0.25) is 0 Å². The largest absolute Gasteiger partial charge is 0.372 e. The van der Waals surface area contributed by atoms with Gasteiger partial charge in [-0.2, -0.15) is 0 Å². The zero-order valence-corrected chi connectivity index (χ0v) is 13.4. The summed E-state index contributed by atoms with van der Waals surface area (Å²) in [4.78, 5) is 2.52. The Labute approximate surface area is 124 Å². The van der Waals surface area contributed by atoms with Crippen molar-refractivity contribution >= 4 is 5.69 Å². The van der Waals surface area contributed by atoms with E-state index >= 15 is 0 Å². The van der Waals surface area contributed by atoms with Crippen molar-refractivity contribution in [3.63, 3.8) is 0 Å². The van der Waals surface area contributed by atoms with Crippen LogP contribution in [0.4, 0.5) is 5.69 Å². The molecule has 0 amide bonds. The van der Waals surface area contributed by atoms with Gasteiger partial charge in [-0.25, -0.2) is 0 Å². The summed E-state index contributed by atoms with van der Waals surface area (Å²) in [5.41, 5.74) is 2.79. The van der Waals surface area contributed by atoms with Gasteiger partial charge in [-0.05, 0) is 49.3 Å². The maximum absolute atomic E-state index is 3.67. The minimum atomic E-state index is 0.622. The second-order valence-corrected chi connectivity index (χ2v) is 6.35. The first-order valence-corrected chi connectivity index (χ1v) is 8.28. The highest BCUT2D eigenvalue weighted by atomic mass is 15.1. The standard InChI is InChI=1S/C18H30N2/c1-4-18(15(2)3)19-14-16-8-10-17(11-9-16)20-12-6-5-7-13-20/h8-11,15,18-19H,4-7,12-14H2,1-3H3. The van der Waals surface area contributed by atoms with Crippen LogP contribution in [0, 0.1) is 5.92 Å². The minimum Gasteiger partial charge on any atom is -0.372 e. The van der Waals surface area contributed by atoms with Crippen molar-refractivity contribution in [1.29, 1.82) is 0 Å². The number of hydrogen-bond acceptors (Lipinski definition) is 2. The summed E-state index contributed by atoms with van der Waals surface area (Å²) in [7, 11) is 0. The Morgan fingerprint density at radius 2 is 1.70 bits per heavy atom. The zero-order valence-electron chi connectivity index (χ0n) is 13.4. The Bertz CT molecular complexity index is 377. The van der Waals surface area contributed by atoms with E-state index in [1.807, 2.05) is 0 Å². The molecule has 0 aliphatic carbocycles. The molecule has 0 saturated carbocycles. The number of nitrogens with one attached hydrogen (secondary N) is 1. The smallest absolute Gasteiger partial charge is 0.0366 e. The second kappa shape index (κ2) is 7.68. The Hall–Kier alpha value is -1.02. The number of nitrogens with zero attached hydrogens (tertiary/aromatic N) is 1. The monoisotopic (exact) mass is 274 g/mol. The van der Waals surface area contributed by atoms with Crippen LogP contribution in [0.3, 0.4) is 0 Å². The molecule has 1 atom stereocenters. The molecule has 2 heteroatoms. The van der Waals surface area contributed by atoms with Crippen LogP contribution in [0.25, 0.3) is 0 Å². The van der Waals surface area contributed by atoms with Crippen molar-refractivity contribution in [1.82, 2.24) is 5.32 Å². The Morgan fingerprint density at radius 1 is 1.05 bits per heavy atom. The molecule has 1 heterocycles. The molecule has 1 saturated heterocycles. The molecule has 0 radical (unpaired) electrons. The van der Waals surface area contributed by atoms with Crippen molar-refractivity contribution in [2.24, 2.45) is 5.92 Å². The molecule has 1 aromatic rings. The topological polar surface area (TPSA) is 15.3 Å². The van der Waals surface area contributed by atoms with E-state index in [4.69, 9.17) is 0 Å². The van der Waals surface area contributed by atoms with Gasteiger partial charge in [0.1, 0.15) is 0 Å². The van der Waals surface area contributed by atoms with Crippen molar-refractivity contribution in [2.75, 3.05) is 18.0 Å². The van der Waals surface area contributed by atoms with Gasteiger partial charge >= 0.3 is 0 Å². The number of rotatable bonds is 6. The van der Waals surface area contributed by atoms with Gasteiger partial charge in [0, 0.05) is 31.4 Å². The molecular formula is C18H30N2. The van der Waals surface area contributed by atoms with E-state index in [9.17, 15) is 0 Å². The summed E-state index contributed by atoms with van der Waals surface area (Å²) in [6.45, 7) is 10.3. The van der Waals surface area contributed by atoms with Gasteiger partial charge in [0.05, 0.1) is 0 Å². The molecule has 0 bridgehead atoms. The Kier molecular flexibility index (Phi) is 5.90. The van der Waals surface area contributed by atoms with Gasteiger partial charge in [-0.1, -0.05) is 32.9 Å². The first-order valence-electron chi connectivity index (χ1n) is 8.28. The lowest BCUT2D eigenvalue weighted by Crippen LogP contribution is -2.32. The first-order chi connectivity index (χ1) is 9.70. The van der Waals surface area contributed by atoms with Crippen molar-refractivity contribution in [2.45, 2.75) is 59.0 Å². The summed E-state index contributed by atoms with van der Waals surface area (Å²) >= 11 is 0. The van der Waals surface area contributed by atoms with Crippen LogP contribution >= 0.6 is 0 Å². The van der Waals surface area contributed by atoms with Gasteiger partial charge in [-0.3, -0.25) is 0 Å². The summed E-state index contributed by atoms with van der Waals surface area (Å²) in [5.74, 6) is 0.702.